The topological polar surface area (TPSA) is 72.2 Å². The Morgan fingerprint density at radius 1 is 1.44 bits per heavy atom. The molecule has 1 rings (SSSR count). The van der Waals surface area contributed by atoms with Crippen LogP contribution in [0.3, 0.4) is 0 Å². The number of nitrogens with one attached hydrogen (secondary N) is 1. The van der Waals surface area contributed by atoms with E-state index in [1.807, 2.05) is 13.8 Å². The van der Waals surface area contributed by atoms with Crippen LogP contribution in [0.4, 0.5) is 0 Å². The lowest BCUT2D eigenvalue weighted by molar-refractivity contribution is 0.513. The highest BCUT2D eigenvalue weighted by molar-refractivity contribution is 7.91. The van der Waals surface area contributed by atoms with E-state index in [4.69, 9.17) is 5.73 Å². The first-order valence-electron chi connectivity index (χ1n) is 6.26. The Morgan fingerprint density at radius 2 is 2.11 bits per heavy atom. The number of hydrogen-bond donors (Lipinski definition) is 2. The lowest BCUT2D eigenvalue weighted by Crippen LogP contribution is -2.33. The molecule has 1 aromatic rings. The van der Waals surface area contributed by atoms with Crippen LogP contribution >= 0.6 is 11.3 Å². The summed E-state index contributed by atoms with van der Waals surface area (Å²) < 4.78 is 27.6. The lowest BCUT2D eigenvalue weighted by atomic mass is 10.1. The van der Waals surface area contributed by atoms with Crippen molar-refractivity contribution >= 4 is 21.4 Å². The van der Waals surface area contributed by atoms with Crippen LogP contribution < -0.4 is 10.5 Å². The zero-order chi connectivity index (χ0) is 13.8. The van der Waals surface area contributed by atoms with Gasteiger partial charge in [0.05, 0.1) is 0 Å². The normalized spacial score (nSPS) is 13.8. The van der Waals surface area contributed by atoms with Gasteiger partial charge < -0.3 is 5.73 Å². The molecule has 0 fully saturated rings. The number of sulfonamides is 1. The summed E-state index contributed by atoms with van der Waals surface area (Å²) in [6.07, 6.45) is 2.64. The van der Waals surface area contributed by atoms with E-state index in [0.717, 1.165) is 29.7 Å². The van der Waals surface area contributed by atoms with E-state index >= 15 is 0 Å². The van der Waals surface area contributed by atoms with E-state index < -0.39 is 10.0 Å². The SMILES string of the molecule is CCCC(CC)NS(=O)(=O)c1cc(C)c(CN)s1. The van der Waals surface area contributed by atoms with E-state index in [-0.39, 0.29) is 6.04 Å². The molecule has 1 heterocycles. The minimum Gasteiger partial charge on any atom is -0.326 e. The summed E-state index contributed by atoms with van der Waals surface area (Å²) in [6, 6.07) is 1.72. The second-order valence-corrected chi connectivity index (χ2v) is 7.47. The van der Waals surface area contributed by atoms with Crippen molar-refractivity contribution in [2.24, 2.45) is 5.73 Å². The van der Waals surface area contributed by atoms with Gasteiger partial charge in [-0.15, -0.1) is 11.3 Å². The molecule has 6 heteroatoms. The molecule has 0 spiro atoms. The van der Waals surface area contributed by atoms with Gasteiger partial charge in [-0.05, 0) is 31.4 Å². The average Bonchev–Trinajstić information content (AvgIpc) is 2.70. The van der Waals surface area contributed by atoms with Crippen LogP contribution in [-0.4, -0.2) is 14.5 Å². The first kappa shape index (κ1) is 15.6. The second kappa shape index (κ2) is 6.65. The standard InChI is InChI=1S/C12H22N2O2S2/c1-4-6-10(5-2)14-18(15,16)12-7-9(3)11(8-13)17-12/h7,10,14H,4-6,8,13H2,1-3H3. The molecule has 0 aromatic carbocycles. The van der Waals surface area contributed by atoms with Crippen LogP contribution in [0, 0.1) is 6.92 Å². The minimum absolute atomic E-state index is 0.0173. The van der Waals surface area contributed by atoms with Crippen molar-refractivity contribution < 1.29 is 8.42 Å². The summed E-state index contributed by atoms with van der Waals surface area (Å²) >= 11 is 1.26. The number of hydrogen-bond acceptors (Lipinski definition) is 4. The van der Waals surface area contributed by atoms with Crippen LogP contribution in [0.15, 0.2) is 10.3 Å². The maximum atomic E-state index is 12.2. The smallest absolute Gasteiger partial charge is 0.250 e. The summed E-state index contributed by atoms with van der Waals surface area (Å²) in [6.45, 7) is 6.33. The van der Waals surface area contributed by atoms with Gasteiger partial charge >= 0.3 is 0 Å². The molecule has 0 saturated heterocycles. The fraction of sp³-hybridized carbons (Fsp3) is 0.667. The van der Waals surface area contributed by atoms with Crippen LogP contribution in [-0.2, 0) is 16.6 Å². The molecule has 104 valence electrons. The first-order chi connectivity index (χ1) is 8.44. The number of rotatable bonds is 7. The van der Waals surface area contributed by atoms with Crippen LogP contribution in [0.1, 0.15) is 43.6 Å². The van der Waals surface area contributed by atoms with Crippen molar-refractivity contribution in [3.05, 3.63) is 16.5 Å². The van der Waals surface area contributed by atoms with Gasteiger partial charge in [-0.3, -0.25) is 0 Å². The minimum atomic E-state index is -3.39. The molecule has 4 nitrogen and oxygen atoms in total. The maximum absolute atomic E-state index is 12.2. The molecule has 0 bridgehead atoms. The fourth-order valence-corrected chi connectivity index (χ4v) is 4.63. The Morgan fingerprint density at radius 3 is 2.56 bits per heavy atom. The Labute approximate surface area is 114 Å². The van der Waals surface area contributed by atoms with Gasteiger partial charge in [0.1, 0.15) is 4.21 Å². The zero-order valence-corrected chi connectivity index (χ0v) is 12.8. The van der Waals surface area contributed by atoms with Crippen LogP contribution in [0.25, 0.3) is 0 Å². The zero-order valence-electron chi connectivity index (χ0n) is 11.2. The van der Waals surface area contributed by atoms with E-state index in [1.54, 1.807) is 6.07 Å². The van der Waals surface area contributed by atoms with Gasteiger partial charge in [0.25, 0.3) is 0 Å². The van der Waals surface area contributed by atoms with Crippen molar-refractivity contribution in [1.29, 1.82) is 0 Å². The van der Waals surface area contributed by atoms with E-state index in [9.17, 15) is 8.42 Å². The second-order valence-electron chi connectivity index (χ2n) is 4.39. The summed E-state index contributed by atoms with van der Waals surface area (Å²) in [5.74, 6) is 0. The molecule has 1 atom stereocenters. The van der Waals surface area contributed by atoms with Gasteiger partial charge in [-0.2, -0.15) is 0 Å². The van der Waals surface area contributed by atoms with Crippen LogP contribution in [0.5, 0.6) is 0 Å². The Hall–Kier alpha value is -0.430. The predicted molar refractivity (Wildman–Crippen MR) is 76.3 cm³/mol. The number of nitrogens with two attached hydrogens (primary N) is 1. The monoisotopic (exact) mass is 290 g/mol. The number of aryl methyl sites for hydroxylation is 1. The summed E-state index contributed by atoms with van der Waals surface area (Å²) in [4.78, 5) is 0.930. The molecule has 1 aromatic heterocycles. The van der Waals surface area contributed by atoms with Crippen molar-refractivity contribution in [3.8, 4) is 0 Å². The van der Waals surface area contributed by atoms with Crippen LogP contribution in [0.2, 0.25) is 0 Å². The highest BCUT2D eigenvalue weighted by Crippen LogP contribution is 2.26. The Balaban J connectivity index is 2.91. The molecule has 1 unspecified atom stereocenters. The predicted octanol–water partition coefficient (Wildman–Crippen LogP) is 2.37. The molecule has 3 N–H and O–H groups in total. The van der Waals surface area contributed by atoms with Gasteiger partial charge in [0, 0.05) is 17.5 Å². The molecule has 0 aliphatic heterocycles. The van der Waals surface area contributed by atoms with Crippen molar-refractivity contribution in [2.45, 2.75) is 56.8 Å². The molecule has 0 amide bonds. The molecule has 0 aliphatic carbocycles. The third-order valence-electron chi connectivity index (χ3n) is 2.90. The molecule has 0 saturated carbocycles. The highest BCUT2D eigenvalue weighted by atomic mass is 32.2. The summed E-state index contributed by atoms with van der Waals surface area (Å²) in [5.41, 5.74) is 6.53. The highest BCUT2D eigenvalue weighted by Gasteiger charge is 2.21. The third-order valence-corrected chi connectivity index (χ3v) is 6.15. The van der Waals surface area contributed by atoms with Gasteiger partial charge in [0.15, 0.2) is 0 Å². The summed E-state index contributed by atoms with van der Waals surface area (Å²) in [7, 11) is -3.39. The fourth-order valence-electron chi connectivity index (χ4n) is 1.80. The van der Waals surface area contributed by atoms with Gasteiger partial charge in [-0.1, -0.05) is 20.3 Å². The van der Waals surface area contributed by atoms with E-state index in [2.05, 4.69) is 11.6 Å². The molecule has 0 radical (unpaired) electrons. The molecule has 18 heavy (non-hydrogen) atoms. The van der Waals surface area contributed by atoms with Crippen molar-refractivity contribution in [1.82, 2.24) is 4.72 Å². The largest absolute Gasteiger partial charge is 0.326 e. The molecule has 0 aliphatic rings. The van der Waals surface area contributed by atoms with Crippen molar-refractivity contribution in [3.63, 3.8) is 0 Å². The first-order valence-corrected chi connectivity index (χ1v) is 8.56. The summed E-state index contributed by atoms with van der Waals surface area (Å²) in [5, 5.41) is 0. The maximum Gasteiger partial charge on any atom is 0.250 e. The molecular weight excluding hydrogens is 268 g/mol. The number of thiophene rings is 1. The van der Waals surface area contributed by atoms with E-state index in [1.165, 1.54) is 11.3 Å². The van der Waals surface area contributed by atoms with Crippen molar-refractivity contribution in [2.75, 3.05) is 0 Å². The third kappa shape index (κ3) is 3.78. The Kier molecular flexibility index (Phi) is 5.78. The van der Waals surface area contributed by atoms with Gasteiger partial charge in [0.2, 0.25) is 10.0 Å². The van der Waals surface area contributed by atoms with E-state index in [0.29, 0.717) is 10.8 Å². The Bertz CT molecular complexity index is 480. The quantitative estimate of drug-likeness (QED) is 0.810. The van der Waals surface area contributed by atoms with Gasteiger partial charge in [-0.25, -0.2) is 13.1 Å². The lowest BCUT2D eigenvalue weighted by Gasteiger charge is -2.15. The molecular formula is C12H22N2O2S2. The average molecular weight is 290 g/mol.